The summed E-state index contributed by atoms with van der Waals surface area (Å²) in [5.74, 6) is 1.06. The lowest BCUT2D eigenvalue weighted by Gasteiger charge is -2.16. The average Bonchev–Trinajstić information content (AvgIpc) is 3.44. The van der Waals surface area contributed by atoms with Crippen LogP contribution < -0.4 is 19.5 Å². The molecular weight excluding hydrogens is 434 g/mol. The highest BCUT2D eigenvalue weighted by Crippen LogP contribution is 2.40. The maximum Gasteiger partial charge on any atom is 0.333 e. The van der Waals surface area contributed by atoms with Gasteiger partial charge in [0.25, 0.3) is 10.0 Å². The van der Waals surface area contributed by atoms with Crippen molar-refractivity contribution in [3.63, 3.8) is 0 Å². The summed E-state index contributed by atoms with van der Waals surface area (Å²) in [4.78, 5) is 16.8. The van der Waals surface area contributed by atoms with Crippen LogP contribution in [0.25, 0.3) is 11.1 Å². The second-order valence-corrected chi connectivity index (χ2v) is 9.07. The maximum atomic E-state index is 12.7. The fraction of sp³-hybridized carbons (Fsp3) is 0.286. The topological polar surface area (TPSA) is 124 Å². The van der Waals surface area contributed by atoms with Crippen molar-refractivity contribution in [2.24, 2.45) is 0 Å². The molecule has 1 aromatic carbocycles. The van der Waals surface area contributed by atoms with Crippen LogP contribution in [0.5, 0.6) is 11.6 Å². The van der Waals surface area contributed by atoms with E-state index in [0.29, 0.717) is 35.9 Å². The molecule has 0 aliphatic carbocycles. The number of benzene rings is 1. The molecule has 2 amide bonds. The molecule has 11 heteroatoms. The maximum absolute atomic E-state index is 12.7. The summed E-state index contributed by atoms with van der Waals surface area (Å²) in [6, 6.07) is 7.56. The predicted molar refractivity (Wildman–Crippen MR) is 117 cm³/mol. The molecule has 0 fully saturated rings. The van der Waals surface area contributed by atoms with Gasteiger partial charge in [-0.25, -0.2) is 14.5 Å². The zero-order chi connectivity index (χ0) is 22.9. The number of hydrogen-bond acceptors (Lipinski definition) is 7. The van der Waals surface area contributed by atoms with E-state index < -0.39 is 16.1 Å². The third-order valence-electron chi connectivity index (χ3n) is 4.99. The van der Waals surface area contributed by atoms with Gasteiger partial charge in [0, 0.05) is 42.0 Å². The van der Waals surface area contributed by atoms with Crippen LogP contribution in [0.4, 0.5) is 10.5 Å². The van der Waals surface area contributed by atoms with E-state index in [0.717, 1.165) is 11.1 Å². The number of sulfonamides is 1. The van der Waals surface area contributed by atoms with Gasteiger partial charge in [-0.1, -0.05) is 0 Å². The average molecular weight is 458 g/mol. The van der Waals surface area contributed by atoms with E-state index in [4.69, 9.17) is 9.47 Å². The summed E-state index contributed by atoms with van der Waals surface area (Å²) in [5.41, 5.74) is 2.69. The number of nitrogens with one attached hydrogen (secondary N) is 2. The Balaban J connectivity index is 1.64. The molecule has 32 heavy (non-hydrogen) atoms. The van der Waals surface area contributed by atoms with Gasteiger partial charge in [0.15, 0.2) is 5.03 Å². The minimum Gasteiger partial charge on any atom is -0.493 e. The lowest BCUT2D eigenvalue weighted by molar-refractivity contribution is 0.256. The molecule has 2 aromatic heterocycles. The van der Waals surface area contributed by atoms with E-state index >= 15 is 0 Å². The monoisotopic (exact) mass is 457 g/mol. The molecule has 0 saturated carbocycles. The number of amides is 2. The lowest BCUT2D eigenvalue weighted by atomic mass is 9.99. The first-order valence-electron chi connectivity index (χ1n) is 9.96. The zero-order valence-electron chi connectivity index (χ0n) is 17.8. The van der Waals surface area contributed by atoms with Crippen molar-refractivity contribution in [3.05, 3.63) is 48.3 Å². The Labute approximate surface area is 185 Å². The van der Waals surface area contributed by atoms with Gasteiger partial charge in [-0.3, -0.25) is 4.68 Å². The minimum atomic E-state index is -4.15. The smallest absolute Gasteiger partial charge is 0.333 e. The number of carbonyl (C=O) groups is 1. The predicted octanol–water partition coefficient (Wildman–Crippen LogP) is 2.98. The van der Waals surface area contributed by atoms with Gasteiger partial charge < -0.3 is 14.8 Å². The van der Waals surface area contributed by atoms with Crippen molar-refractivity contribution in [2.45, 2.75) is 31.3 Å². The Morgan fingerprint density at radius 2 is 2.06 bits per heavy atom. The van der Waals surface area contributed by atoms with Crippen molar-refractivity contribution < 1.29 is 22.7 Å². The molecule has 0 unspecified atom stereocenters. The molecule has 1 aliphatic rings. The third kappa shape index (κ3) is 4.24. The van der Waals surface area contributed by atoms with Gasteiger partial charge in [0.1, 0.15) is 5.75 Å². The van der Waals surface area contributed by atoms with Crippen LogP contribution >= 0.6 is 0 Å². The Morgan fingerprint density at radius 1 is 1.25 bits per heavy atom. The van der Waals surface area contributed by atoms with Gasteiger partial charge in [0.2, 0.25) is 5.88 Å². The van der Waals surface area contributed by atoms with Crippen molar-refractivity contribution in [1.82, 2.24) is 19.5 Å². The summed E-state index contributed by atoms with van der Waals surface area (Å²) < 4.78 is 39.6. The fourth-order valence-corrected chi connectivity index (χ4v) is 4.25. The number of urea groups is 1. The first-order valence-corrected chi connectivity index (χ1v) is 11.4. The van der Waals surface area contributed by atoms with E-state index in [9.17, 15) is 13.2 Å². The van der Waals surface area contributed by atoms with Crippen molar-refractivity contribution >= 4 is 21.7 Å². The van der Waals surface area contributed by atoms with E-state index in [2.05, 4.69) is 15.4 Å². The summed E-state index contributed by atoms with van der Waals surface area (Å²) in [6.07, 6.45) is 3.72. The molecule has 0 bridgehead atoms. The number of nitrogens with zero attached hydrogens (tertiary/aromatic N) is 3. The largest absolute Gasteiger partial charge is 0.493 e. The van der Waals surface area contributed by atoms with Crippen LogP contribution in [0, 0.1) is 0 Å². The van der Waals surface area contributed by atoms with Gasteiger partial charge in [-0.2, -0.15) is 13.5 Å². The molecule has 0 atom stereocenters. The SMILES string of the molecule is COc1cc(-c2ccc3c(c2NC(=O)NS(=O)(=O)c2ccn(C(C)C)n2)CCO3)ccn1. The fourth-order valence-electron chi connectivity index (χ4n) is 3.41. The Bertz CT molecular complexity index is 1270. The van der Waals surface area contributed by atoms with Crippen LogP contribution in [0.15, 0.2) is 47.8 Å². The lowest BCUT2D eigenvalue weighted by Crippen LogP contribution is -2.35. The number of carbonyl (C=O) groups excluding carboxylic acids is 1. The van der Waals surface area contributed by atoms with Gasteiger partial charge >= 0.3 is 6.03 Å². The van der Waals surface area contributed by atoms with E-state index in [1.807, 2.05) is 24.6 Å². The van der Waals surface area contributed by atoms with Crippen LogP contribution in [0.2, 0.25) is 0 Å². The van der Waals surface area contributed by atoms with Gasteiger partial charge in [-0.15, -0.1) is 0 Å². The first kappa shape index (κ1) is 21.6. The molecule has 4 rings (SSSR count). The Kier molecular flexibility index (Phi) is 5.74. The summed E-state index contributed by atoms with van der Waals surface area (Å²) in [5, 5.41) is 6.49. The normalized spacial score (nSPS) is 12.9. The quantitative estimate of drug-likeness (QED) is 0.583. The van der Waals surface area contributed by atoms with Crippen molar-refractivity contribution in [2.75, 3.05) is 19.0 Å². The van der Waals surface area contributed by atoms with Crippen LogP contribution in [0.3, 0.4) is 0 Å². The molecule has 1 aliphatic heterocycles. The summed E-state index contributed by atoms with van der Waals surface area (Å²) in [7, 11) is -2.64. The number of ether oxygens (including phenoxy) is 2. The Hall–Kier alpha value is -3.60. The Morgan fingerprint density at radius 3 is 2.78 bits per heavy atom. The highest BCUT2D eigenvalue weighted by atomic mass is 32.2. The van der Waals surface area contributed by atoms with E-state index in [-0.39, 0.29) is 11.1 Å². The molecule has 0 spiro atoms. The molecule has 10 nitrogen and oxygen atoms in total. The number of hydrogen-bond donors (Lipinski definition) is 2. The molecule has 0 saturated heterocycles. The molecule has 3 aromatic rings. The molecular formula is C21H23N5O5S. The number of aromatic nitrogens is 3. The number of rotatable bonds is 6. The molecule has 3 heterocycles. The van der Waals surface area contributed by atoms with Crippen LogP contribution in [-0.2, 0) is 16.4 Å². The highest BCUT2D eigenvalue weighted by Gasteiger charge is 2.25. The zero-order valence-corrected chi connectivity index (χ0v) is 18.6. The highest BCUT2D eigenvalue weighted by molar-refractivity contribution is 7.90. The first-order chi connectivity index (χ1) is 15.3. The van der Waals surface area contributed by atoms with Crippen LogP contribution in [0.1, 0.15) is 25.5 Å². The summed E-state index contributed by atoms with van der Waals surface area (Å²) in [6.45, 7) is 4.22. The number of anilines is 1. The van der Waals surface area contributed by atoms with Crippen LogP contribution in [-0.4, -0.2) is 42.9 Å². The van der Waals surface area contributed by atoms with Crippen molar-refractivity contribution in [1.29, 1.82) is 0 Å². The number of pyridine rings is 1. The third-order valence-corrected chi connectivity index (χ3v) is 6.21. The second-order valence-electron chi connectivity index (χ2n) is 7.44. The number of fused-ring (bicyclic) bond motifs is 1. The molecule has 168 valence electrons. The van der Waals surface area contributed by atoms with Crippen molar-refractivity contribution in [3.8, 4) is 22.8 Å². The van der Waals surface area contributed by atoms with E-state index in [1.165, 1.54) is 17.9 Å². The second kappa shape index (κ2) is 8.50. The standard InChI is InChI=1S/C21H23N5O5S/c1-13(2)26-10-7-19(24-26)32(28,29)25-21(27)23-20-15(4-5-17-16(20)8-11-31-17)14-6-9-22-18(12-14)30-3/h4-7,9-10,12-13H,8,11H2,1-3H3,(H2,23,25,27). The molecule has 2 N–H and O–H groups in total. The number of methoxy groups -OCH3 is 1. The molecule has 0 radical (unpaired) electrons. The minimum absolute atomic E-state index is 0.0143. The van der Waals surface area contributed by atoms with Gasteiger partial charge in [0.05, 0.1) is 19.4 Å². The van der Waals surface area contributed by atoms with E-state index in [1.54, 1.807) is 30.6 Å². The van der Waals surface area contributed by atoms with Gasteiger partial charge in [-0.05, 0) is 43.7 Å². The summed E-state index contributed by atoms with van der Waals surface area (Å²) >= 11 is 0.